The maximum Gasteiger partial charge on any atom is 0.114 e. The summed E-state index contributed by atoms with van der Waals surface area (Å²) in [4.78, 5) is 0. The van der Waals surface area contributed by atoms with Crippen molar-refractivity contribution < 1.29 is 24.8 Å². The predicted octanol–water partition coefficient (Wildman–Crippen LogP) is 2.96. The maximum atomic E-state index is 10.0. The average Bonchev–Trinajstić information content (AvgIpc) is 2.99. The Morgan fingerprint density at radius 1 is 1.04 bits per heavy atom. The van der Waals surface area contributed by atoms with Crippen LogP contribution in [0.3, 0.4) is 0 Å². The fraction of sp³-hybridized carbons (Fsp3) is 0.900. The molecule has 1 saturated heterocycles. The van der Waals surface area contributed by atoms with Crippen molar-refractivity contribution in [3.8, 4) is 0 Å². The topological polar surface area (TPSA) is 79.2 Å². The first-order chi connectivity index (χ1) is 12.2. The molecule has 5 nitrogen and oxygen atoms in total. The second-order valence-electron chi connectivity index (χ2n) is 6.97. The zero-order valence-electron chi connectivity index (χ0n) is 15.8. The molecule has 1 rings (SSSR count). The Bertz CT molecular complexity index is 334. The fourth-order valence-electron chi connectivity index (χ4n) is 3.08. The highest BCUT2D eigenvalue weighted by Crippen LogP contribution is 2.20. The van der Waals surface area contributed by atoms with Gasteiger partial charge in [-0.2, -0.15) is 0 Å². The molecule has 1 fully saturated rings. The van der Waals surface area contributed by atoms with Crippen LogP contribution < -0.4 is 0 Å². The molecule has 1 heterocycles. The van der Waals surface area contributed by atoms with Gasteiger partial charge in [0.1, 0.15) is 24.4 Å². The molecule has 0 radical (unpaired) electrons. The van der Waals surface area contributed by atoms with Crippen LogP contribution in [0.5, 0.6) is 0 Å². The Hall–Kier alpha value is -0.460. The standard InChI is InChI=1S/C20H38O5/c1-2-3-4-5-6-7-8-9-10-11-12-13-14-24-18-16-25-20(19(18)23)17(22)15-21/h6-7,17-23H,2-5,8-16H2,1H3/b7-6+/t17-,18+,19-,20-/m1/s1. The van der Waals surface area contributed by atoms with Crippen molar-refractivity contribution in [3.63, 3.8) is 0 Å². The highest BCUT2D eigenvalue weighted by molar-refractivity contribution is 4.88. The molecule has 0 aromatic carbocycles. The number of rotatable bonds is 15. The molecule has 1 aliphatic heterocycles. The second-order valence-corrected chi connectivity index (χ2v) is 6.97. The molecule has 25 heavy (non-hydrogen) atoms. The van der Waals surface area contributed by atoms with Gasteiger partial charge in [-0.3, -0.25) is 0 Å². The first-order valence-electron chi connectivity index (χ1n) is 10.1. The molecule has 0 saturated carbocycles. The molecular weight excluding hydrogens is 320 g/mol. The zero-order valence-corrected chi connectivity index (χ0v) is 15.8. The molecule has 4 atom stereocenters. The number of allylic oxidation sites excluding steroid dienone is 2. The third-order valence-corrected chi connectivity index (χ3v) is 4.72. The molecule has 148 valence electrons. The van der Waals surface area contributed by atoms with Crippen LogP contribution >= 0.6 is 0 Å². The van der Waals surface area contributed by atoms with Crippen LogP contribution in [0.15, 0.2) is 12.2 Å². The second kappa shape index (κ2) is 14.7. The first-order valence-corrected chi connectivity index (χ1v) is 10.1. The van der Waals surface area contributed by atoms with Gasteiger partial charge in [0, 0.05) is 6.61 Å². The van der Waals surface area contributed by atoms with E-state index in [4.69, 9.17) is 14.6 Å². The first kappa shape index (κ1) is 22.6. The number of hydrogen-bond acceptors (Lipinski definition) is 5. The van der Waals surface area contributed by atoms with Crippen LogP contribution in [0.4, 0.5) is 0 Å². The number of ether oxygens (including phenoxy) is 2. The van der Waals surface area contributed by atoms with E-state index in [1.165, 1.54) is 51.4 Å². The van der Waals surface area contributed by atoms with Crippen molar-refractivity contribution >= 4 is 0 Å². The van der Waals surface area contributed by atoms with E-state index < -0.39 is 31.0 Å². The van der Waals surface area contributed by atoms with Crippen molar-refractivity contribution in [2.24, 2.45) is 0 Å². The number of aliphatic hydroxyl groups excluding tert-OH is 3. The fourth-order valence-corrected chi connectivity index (χ4v) is 3.08. The van der Waals surface area contributed by atoms with Gasteiger partial charge in [-0.25, -0.2) is 0 Å². The molecule has 0 bridgehead atoms. The van der Waals surface area contributed by atoms with E-state index in [1.807, 2.05) is 0 Å². The Labute approximate surface area is 153 Å². The van der Waals surface area contributed by atoms with Crippen molar-refractivity contribution in [2.45, 2.75) is 95.5 Å². The minimum Gasteiger partial charge on any atom is -0.394 e. The van der Waals surface area contributed by atoms with E-state index in [-0.39, 0.29) is 6.61 Å². The molecule has 0 aromatic heterocycles. The summed E-state index contributed by atoms with van der Waals surface area (Å²) in [5, 5.41) is 28.5. The van der Waals surface area contributed by atoms with Gasteiger partial charge in [0.25, 0.3) is 0 Å². The van der Waals surface area contributed by atoms with Crippen LogP contribution in [-0.2, 0) is 9.47 Å². The summed E-state index contributed by atoms with van der Waals surface area (Å²) in [7, 11) is 0. The van der Waals surface area contributed by atoms with Gasteiger partial charge in [0.05, 0.1) is 13.2 Å². The van der Waals surface area contributed by atoms with E-state index in [1.54, 1.807) is 0 Å². The molecule has 0 unspecified atom stereocenters. The van der Waals surface area contributed by atoms with Crippen LogP contribution in [-0.4, -0.2) is 59.6 Å². The lowest BCUT2D eigenvalue weighted by atomic mass is 10.1. The smallest absolute Gasteiger partial charge is 0.114 e. The van der Waals surface area contributed by atoms with Gasteiger partial charge >= 0.3 is 0 Å². The van der Waals surface area contributed by atoms with Gasteiger partial charge < -0.3 is 24.8 Å². The lowest BCUT2D eigenvalue weighted by Crippen LogP contribution is -2.41. The highest BCUT2D eigenvalue weighted by atomic mass is 16.6. The van der Waals surface area contributed by atoms with Crippen LogP contribution in [0.2, 0.25) is 0 Å². The molecule has 3 N–H and O–H groups in total. The number of unbranched alkanes of at least 4 members (excludes halogenated alkanes) is 8. The molecule has 5 heteroatoms. The molecule has 0 spiro atoms. The van der Waals surface area contributed by atoms with E-state index >= 15 is 0 Å². The Morgan fingerprint density at radius 2 is 1.68 bits per heavy atom. The minimum atomic E-state index is -1.05. The predicted molar refractivity (Wildman–Crippen MR) is 99.6 cm³/mol. The Kier molecular flexibility index (Phi) is 13.3. The van der Waals surface area contributed by atoms with Crippen molar-refractivity contribution in [1.82, 2.24) is 0 Å². The maximum absolute atomic E-state index is 10.0. The summed E-state index contributed by atoms with van der Waals surface area (Å²) in [6, 6.07) is 0. The van der Waals surface area contributed by atoms with Crippen LogP contribution in [0.1, 0.15) is 71.1 Å². The van der Waals surface area contributed by atoms with Gasteiger partial charge in [0.2, 0.25) is 0 Å². The molecule has 1 aliphatic rings. The summed E-state index contributed by atoms with van der Waals surface area (Å²) >= 11 is 0. The van der Waals surface area contributed by atoms with Gasteiger partial charge in [-0.05, 0) is 32.1 Å². The zero-order chi connectivity index (χ0) is 18.3. The average molecular weight is 359 g/mol. The van der Waals surface area contributed by atoms with E-state index in [0.717, 1.165) is 12.8 Å². The summed E-state index contributed by atoms with van der Waals surface area (Å²) in [5.74, 6) is 0. The third-order valence-electron chi connectivity index (χ3n) is 4.72. The van der Waals surface area contributed by atoms with Crippen LogP contribution in [0, 0.1) is 0 Å². The summed E-state index contributed by atoms with van der Waals surface area (Å²) in [5.41, 5.74) is 0. The quantitative estimate of drug-likeness (QED) is 0.310. The van der Waals surface area contributed by atoms with E-state index in [9.17, 15) is 10.2 Å². The largest absolute Gasteiger partial charge is 0.394 e. The van der Waals surface area contributed by atoms with E-state index in [0.29, 0.717) is 6.61 Å². The summed E-state index contributed by atoms with van der Waals surface area (Å²) < 4.78 is 11.0. The molecule has 0 amide bonds. The van der Waals surface area contributed by atoms with E-state index in [2.05, 4.69) is 19.1 Å². The minimum absolute atomic E-state index is 0.271. The molecule has 0 aromatic rings. The number of hydrogen-bond donors (Lipinski definition) is 3. The molecule has 0 aliphatic carbocycles. The van der Waals surface area contributed by atoms with Gasteiger partial charge in [-0.1, -0.05) is 51.2 Å². The normalized spacial score (nSPS) is 25.0. The Balaban J connectivity index is 1.91. The van der Waals surface area contributed by atoms with Crippen molar-refractivity contribution in [1.29, 1.82) is 0 Å². The molecular formula is C20H38O5. The third kappa shape index (κ3) is 9.71. The highest BCUT2D eigenvalue weighted by Gasteiger charge is 2.40. The monoisotopic (exact) mass is 358 g/mol. The van der Waals surface area contributed by atoms with Crippen molar-refractivity contribution in [2.75, 3.05) is 19.8 Å². The summed E-state index contributed by atoms with van der Waals surface area (Å²) in [6.07, 6.45) is 13.7. The SMILES string of the molecule is CCCCC/C=C/CCCCCCCO[C@H]1CO[C@H]([C@H](O)CO)[C@@H]1O. The lowest BCUT2D eigenvalue weighted by molar-refractivity contribution is -0.0730. The van der Waals surface area contributed by atoms with Gasteiger partial charge in [-0.15, -0.1) is 0 Å². The lowest BCUT2D eigenvalue weighted by Gasteiger charge is -2.20. The van der Waals surface area contributed by atoms with Crippen molar-refractivity contribution in [3.05, 3.63) is 12.2 Å². The van der Waals surface area contributed by atoms with Crippen LogP contribution in [0.25, 0.3) is 0 Å². The van der Waals surface area contributed by atoms with Gasteiger partial charge in [0.15, 0.2) is 0 Å². The Morgan fingerprint density at radius 3 is 2.36 bits per heavy atom. The summed E-state index contributed by atoms with van der Waals surface area (Å²) in [6.45, 7) is 2.69. The number of aliphatic hydroxyl groups is 3.